The minimum atomic E-state index is 0. The molecule has 0 bridgehead atoms. The van der Waals surface area contributed by atoms with Crippen LogP contribution < -0.4 is 0 Å². The normalized spacial score (nSPS) is 5.67. The van der Waals surface area contributed by atoms with E-state index >= 15 is 0 Å². The summed E-state index contributed by atoms with van der Waals surface area (Å²) in [5, 5.41) is 0. The molecular weight excluding hydrogens is 111 g/mol. The van der Waals surface area contributed by atoms with Gasteiger partial charge in [-0.05, 0) is 12.2 Å². The molecule has 32 valence electrons. The second-order valence-corrected chi connectivity index (χ2v) is 1.55. The van der Waals surface area contributed by atoms with E-state index in [2.05, 4.69) is 29.6 Å². The van der Waals surface area contributed by atoms with Crippen LogP contribution in [0.15, 0.2) is 0 Å². The van der Waals surface area contributed by atoms with Gasteiger partial charge in [-0.15, -0.1) is 0 Å². The summed E-state index contributed by atoms with van der Waals surface area (Å²) >= 11 is 7.95. The van der Waals surface area contributed by atoms with Gasteiger partial charge in [0.15, 0.2) is 0 Å². The standard InChI is InChI=1S/C2H4OS2.Li.H/c1-3-2(4)5;;/h1H3,(H,4,5);;. The Hall–Kier alpha value is 0.837. The van der Waals surface area contributed by atoms with E-state index in [1.807, 2.05) is 0 Å². The van der Waals surface area contributed by atoms with Crippen LogP contribution in [0.3, 0.4) is 0 Å². The Morgan fingerprint density at radius 1 is 1.83 bits per heavy atom. The number of hydrogen-bond donors (Lipinski definition) is 1. The average molecular weight is 116 g/mol. The molecule has 0 radical (unpaired) electrons. The third kappa shape index (κ3) is 8.85. The zero-order chi connectivity index (χ0) is 4.28. The molecule has 0 fully saturated rings. The predicted molar refractivity (Wildman–Crippen MR) is 35.7 cm³/mol. The van der Waals surface area contributed by atoms with Crippen LogP contribution in [0, 0.1) is 0 Å². The summed E-state index contributed by atoms with van der Waals surface area (Å²) in [5.41, 5.74) is 0. The molecule has 0 aliphatic heterocycles. The summed E-state index contributed by atoms with van der Waals surface area (Å²) in [6.07, 6.45) is 0. The monoisotopic (exact) mass is 116 g/mol. The van der Waals surface area contributed by atoms with Crippen LogP contribution in [0.4, 0.5) is 0 Å². The Bertz CT molecular complexity index is 46.8. The van der Waals surface area contributed by atoms with Gasteiger partial charge in [0.25, 0.3) is 0 Å². The van der Waals surface area contributed by atoms with Crippen molar-refractivity contribution >= 4 is 48.1 Å². The van der Waals surface area contributed by atoms with E-state index in [-0.39, 0.29) is 23.2 Å². The second kappa shape index (κ2) is 5.84. The van der Waals surface area contributed by atoms with E-state index in [4.69, 9.17) is 0 Å². The van der Waals surface area contributed by atoms with Crippen LogP contribution in [-0.4, -0.2) is 30.4 Å². The Morgan fingerprint density at radius 3 is 2.00 bits per heavy atom. The topological polar surface area (TPSA) is 9.23 Å². The van der Waals surface area contributed by atoms with E-state index in [0.717, 1.165) is 0 Å². The number of hydrogen-bond acceptors (Lipinski definition) is 2. The maximum absolute atomic E-state index is 4.35. The summed E-state index contributed by atoms with van der Waals surface area (Å²) < 4.78 is 4.63. The van der Waals surface area contributed by atoms with Gasteiger partial charge in [0.05, 0.1) is 7.11 Å². The molecule has 0 aliphatic rings. The number of rotatable bonds is 0. The fourth-order valence-corrected chi connectivity index (χ4v) is 0. The van der Waals surface area contributed by atoms with E-state index in [9.17, 15) is 0 Å². The molecule has 0 aromatic carbocycles. The van der Waals surface area contributed by atoms with Crippen molar-refractivity contribution < 1.29 is 4.74 Å². The first-order valence-corrected chi connectivity index (χ1v) is 1.90. The molecule has 0 amide bonds. The van der Waals surface area contributed by atoms with Gasteiger partial charge in [0.2, 0.25) is 4.38 Å². The van der Waals surface area contributed by atoms with Gasteiger partial charge in [-0.3, -0.25) is 0 Å². The first-order chi connectivity index (χ1) is 2.27. The van der Waals surface area contributed by atoms with Gasteiger partial charge < -0.3 is 4.74 Å². The van der Waals surface area contributed by atoms with Crippen LogP contribution in [0.5, 0.6) is 0 Å². The fourth-order valence-electron chi connectivity index (χ4n) is 0. The van der Waals surface area contributed by atoms with Crippen LogP contribution in [0.1, 0.15) is 0 Å². The zero-order valence-corrected chi connectivity index (χ0v) is 4.47. The number of ether oxygens (including phenoxy) is 1. The molecule has 0 aromatic heterocycles. The molecule has 0 N–H and O–H groups in total. The first kappa shape index (κ1) is 9.96. The molecular formula is C2H5LiOS2. The van der Waals surface area contributed by atoms with Gasteiger partial charge in [-0.25, -0.2) is 0 Å². The van der Waals surface area contributed by atoms with Crippen LogP contribution in [0.2, 0.25) is 0 Å². The molecule has 0 atom stereocenters. The Balaban J connectivity index is 0. The van der Waals surface area contributed by atoms with Gasteiger partial charge >= 0.3 is 18.9 Å². The van der Waals surface area contributed by atoms with Crippen molar-refractivity contribution in [2.75, 3.05) is 7.11 Å². The molecule has 0 heterocycles. The van der Waals surface area contributed by atoms with Crippen molar-refractivity contribution in [3.63, 3.8) is 0 Å². The first-order valence-electron chi connectivity index (χ1n) is 1.04. The molecule has 6 heavy (non-hydrogen) atoms. The van der Waals surface area contributed by atoms with Crippen molar-refractivity contribution in [3.05, 3.63) is 0 Å². The Labute approximate surface area is 60.0 Å². The van der Waals surface area contributed by atoms with E-state index < -0.39 is 0 Å². The quantitative estimate of drug-likeness (QED) is 0.275. The fraction of sp³-hybridized carbons (Fsp3) is 0.500. The number of thiol groups is 1. The molecule has 4 heteroatoms. The van der Waals surface area contributed by atoms with Crippen molar-refractivity contribution in [1.82, 2.24) is 0 Å². The summed E-state index contributed by atoms with van der Waals surface area (Å²) in [6.45, 7) is 0. The number of methoxy groups -OCH3 is 1. The molecule has 0 saturated heterocycles. The van der Waals surface area contributed by atoms with Crippen LogP contribution in [0.25, 0.3) is 0 Å². The SMILES string of the molecule is COC(=S)S.[LiH]. The molecule has 0 spiro atoms. The average Bonchev–Trinajstić information content (AvgIpc) is 1.38. The van der Waals surface area contributed by atoms with Gasteiger partial charge in [0.1, 0.15) is 0 Å². The summed E-state index contributed by atoms with van der Waals surface area (Å²) in [7, 11) is 1.48. The van der Waals surface area contributed by atoms with Crippen molar-refractivity contribution in [2.45, 2.75) is 0 Å². The summed E-state index contributed by atoms with van der Waals surface area (Å²) in [6, 6.07) is 0. The Morgan fingerprint density at radius 2 is 2.00 bits per heavy atom. The molecule has 0 unspecified atom stereocenters. The third-order valence-corrected chi connectivity index (χ3v) is 0.524. The maximum atomic E-state index is 4.35. The van der Waals surface area contributed by atoms with Crippen molar-refractivity contribution in [1.29, 1.82) is 0 Å². The third-order valence-electron chi connectivity index (χ3n) is 0.175. The predicted octanol–water partition coefficient (Wildman–Crippen LogP) is 0.199. The molecule has 0 rings (SSSR count). The number of thiocarbonyl (C=S) groups is 1. The van der Waals surface area contributed by atoms with E-state index in [1.54, 1.807) is 0 Å². The van der Waals surface area contributed by atoms with Gasteiger partial charge in [0, 0.05) is 0 Å². The van der Waals surface area contributed by atoms with Crippen molar-refractivity contribution in [2.24, 2.45) is 0 Å². The Kier molecular flexibility index (Phi) is 9.69. The zero-order valence-electron chi connectivity index (χ0n) is 2.76. The molecule has 0 aromatic rings. The van der Waals surface area contributed by atoms with Gasteiger partial charge in [-0.1, -0.05) is 12.6 Å². The second-order valence-electron chi connectivity index (χ2n) is 0.470. The van der Waals surface area contributed by atoms with Gasteiger partial charge in [-0.2, -0.15) is 0 Å². The molecule has 0 saturated carbocycles. The molecule has 0 aliphatic carbocycles. The molecule has 1 nitrogen and oxygen atoms in total. The summed E-state index contributed by atoms with van der Waals surface area (Å²) in [5.74, 6) is 0. The summed E-state index contributed by atoms with van der Waals surface area (Å²) in [4.78, 5) is 0. The van der Waals surface area contributed by atoms with Crippen LogP contribution in [-0.2, 0) is 4.74 Å². The minimum absolute atomic E-state index is 0. The van der Waals surface area contributed by atoms with Crippen LogP contribution >= 0.6 is 24.8 Å². The van der Waals surface area contributed by atoms with E-state index in [1.165, 1.54) is 7.11 Å². The van der Waals surface area contributed by atoms with E-state index in [0.29, 0.717) is 0 Å². The van der Waals surface area contributed by atoms with Crippen molar-refractivity contribution in [3.8, 4) is 0 Å².